The van der Waals surface area contributed by atoms with Gasteiger partial charge in [-0.25, -0.2) is 0 Å². The highest BCUT2D eigenvalue weighted by atomic mass is 32.1. The molecule has 0 bridgehead atoms. The number of carbonyl (C=O) groups is 3. The minimum atomic E-state index is -0.174. The van der Waals surface area contributed by atoms with Crippen molar-refractivity contribution in [2.24, 2.45) is 11.8 Å². The van der Waals surface area contributed by atoms with E-state index in [2.05, 4.69) is 22.4 Å². The van der Waals surface area contributed by atoms with Gasteiger partial charge in [-0.1, -0.05) is 18.9 Å². The number of nitrogens with zero attached hydrogens (tertiary/aromatic N) is 3. The summed E-state index contributed by atoms with van der Waals surface area (Å²) in [4.78, 5) is 44.4. The second kappa shape index (κ2) is 7.48. The van der Waals surface area contributed by atoms with Crippen molar-refractivity contribution in [3.63, 3.8) is 0 Å². The first kappa shape index (κ1) is 17.7. The number of imide groups is 1. The summed E-state index contributed by atoms with van der Waals surface area (Å²) in [5, 5.41) is 2.08. The number of carbonyl (C=O) groups excluding carboxylic acids is 3. The number of amides is 3. The lowest BCUT2D eigenvalue weighted by Crippen LogP contribution is -2.51. The molecule has 1 aliphatic carbocycles. The van der Waals surface area contributed by atoms with Crippen molar-refractivity contribution in [2.75, 3.05) is 32.7 Å². The molecule has 2 aliphatic heterocycles. The van der Waals surface area contributed by atoms with Gasteiger partial charge in [0.1, 0.15) is 6.54 Å². The van der Waals surface area contributed by atoms with Crippen LogP contribution in [0.3, 0.4) is 0 Å². The topological polar surface area (TPSA) is 60.9 Å². The molecule has 1 aromatic rings. The summed E-state index contributed by atoms with van der Waals surface area (Å²) in [6.45, 7) is 3.83. The molecule has 140 valence electrons. The Kier molecular flexibility index (Phi) is 5.09. The molecular weight excluding hydrogens is 350 g/mol. The molecule has 6 nitrogen and oxygen atoms in total. The fourth-order valence-corrected chi connectivity index (χ4v) is 5.15. The highest BCUT2D eigenvalue weighted by Crippen LogP contribution is 2.37. The third-order valence-corrected chi connectivity index (χ3v) is 6.77. The van der Waals surface area contributed by atoms with Crippen LogP contribution in [-0.4, -0.2) is 65.1 Å². The molecular formula is C19H25N3O3S. The van der Waals surface area contributed by atoms with Crippen molar-refractivity contribution in [1.29, 1.82) is 0 Å². The van der Waals surface area contributed by atoms with Gasteiger partial charge >= 0.3 is 0 Å². The zero-order valence-electron chi connectivity index (χ0n) is 14.9. The Morgan fingerprint density at radius 3 is 2.27 bits per heavy atom. The Balaban J connectivity index is 1.30. The first-order valence-electron chi connectivity index (χ1n) is 9.51. The van der Waals surface area contributed by atoms with Crippen LogP contribution in [0.2, 0.25) is 0 Å². The van der Waals surface area contributed by atoms with Gasteiger partial charge in [-0.2, -0.15) is 0 Å². The summed E-state index contributed by atoms with van der Waals surface area (Å²) in [6.07, 6.45) is 3.60. The van der Waals surface area contributed by atoms with E-state index in [1.807, 2.05) is 0 Å². The molecule has 2 saturated heterocycles. The summed E-state index contributed by atoms with van der Waals surface area (Å²) in [7, 11) is 0. The number of hydrogen-bond donors (Lipinski definition) is 0. The van der Waals surface area contributed by atoms with Gasteiger partial charge in [0.15, 0.2) is 0 Å². The second-order valence-electron chi connectivity index (χ2n) is 7.50. The van der Waals surface area contributed by atoms with Crippen molar-refractivity contribution < 1.29 is 14.4 Å². The number of likely N-dealkylation sites (tertiary alicyclic amines) is 1. The van der Waals surface area contributed by atoms with E-state index >= 15 is 0 Å². The summed E-state index contributed by atoms with van der Waals surface area (Å²) >= 11 is 1.75. The van der Waals surface area contributed by atoms with Crippen molar-refractivity contribution in [3.05, 3.63) is 22.4 Å². The highest BCUT2D eigenvalue weighted by molar-refractivity contribution is 7.09. The minimum absolute atomic E-state index is 0.0738. The number of rotatable bonds is 4. The predicted molar refractivity (Wildman–Crippen MR) is 98.3 cm³/mol. The van der Waals surface area contributed by atoms with Gasteiger partial charge in [0.25, 0.3) is 0 Å². The van der Waals surface area contributed by atoms with Gasteiger partial charge < -0.3 is 4.90 Å². The zero-order valence-corrected chi connectivity index (χ0v) is 15.7. The number of piperazine rings is 1. The van der Waals surface area contributed by atoms with Gasteiger partial charge in [-0.3, -0.25) is 24.2 Å². The molecule has 0 radical (unpaired) electrons. The summed E-state index contributed by atoms with van der Waals surface area (Å²) in [5.41, 5.74) is 0. The van der Waals surface area contributed by atoms with E-state index in [0.29, 0.717) is 13.1 Å². The molecule has 3 amide bonds. The van der Waals surface area contributed by atoms with Crippen LogP contribution in [0, 0.1) is 11.8 Å². The van der Waals surface area contributed by atoms with Crippen LogP contribution >= 0.6 is 11.3 Å². The Morgan fingerprint density at radius 1 is 1.04 bits per heavy atom. The molecule has 0 aromatic carbocycles. The second-order valence-corrected chi connectivity index (χ2v) is 8.53. The lowest BCUT2D eigenvalue weighted by molar-refractivity contribution is -0.147. The Morgan fingerprint density at radius 2 is 1.69 bits per heavy atom. The van der Waals surface area contributed by atoms with E-state index in [1.54, 1.807) is 16.2 Å². The average Bonchev–Trinajstić information content (AvgIpc) is 3.25. The van der Waals surface area contributed by atoms with Crippen LogP contribution in [0.15, 0.2) is 17.5 Å². The van der Waals surface area contributed by atoms with E-state index in [-0.39, 0.29) is 36.1 Å². The van der Waals surface area contributed by atoms with Gasteiger partial charge in [-0.05, 0) is 24.3 Å². The average molecular weight is 375 g/mol. The fourth-order valence-electron chi connectivity index (χ4n) is 4.40. The molecule has 7 heteroatoms. The van der Waals surface area contributed by atoms with Crippen LogP contribution in [0.4, 0.5) is 0 Å². The van der Waals surface area contributed by atoms with Crippen molar-refractivity contribution >= 4 is 29.1 Å². The van der Waals surface area contributed by atoms with Gasteiger partial charge in [0.2, 0.25) is 17.7 Å². The van der Waals surface area contributed by atoms with Gasteiger partial charge in [0, 0.05) is 37.6 Å². The van der Waals surface area contributed by atoms with Crippen molar-refractivity contribution in [2.45, 2.75) is 32.2 Å². The van der Waals surface area contributed by atoms with Crippen molar-refractivity contribution in [3.8, 4) is 0 Å². The molecule has 3 aliphatic rings. The first-order chi connectivity index (χ1) is 12.6. The molecule has 2 unspecified atom stereocenters. The van der Waals surface area contributed by atoms with E-state index in [4.69, 9.17) is 0 Å². The standard InChI is InChI=1S/C19H25N3O3S/c23-17(13-22-18(24)15-5-1-2-6-16(15)19(22)25)21-9-7-20(8-10-21)12-14-4-3-11-26-14/h3-4,11,15-16H,1-2,5-10,12-13H2. The summed E-state index contributed by atoms with van der Waals surface area (Å²) in [6, 6.07) is 4.19. The SMILES string of the molecule is O=C(CN1C(=O)C2CCCCC2C1=O)N1CCN(Cc2cccs2)CC1. The minimum Gasteiger partial charge on any atom is -0.339 e. The number of fused-ring (bicyclic) bond motifs is 1. The Labute approximate surface area is 157 Å². The predicted octanol–water partition coefficient (Wildman–Crippen LogP) is 1.57. The number of thiophene rings is 1. The molecule has 26 heavy (non-hydrogen) atoms. The molecule has 0 N–H and O–H groups in total. The highest BCUT2D eigenvalue weighted by Gasteiger charge is 2.48. The fraction of sp³-hybridized carbons (Fsp3) is 0.632. The monoisotopic (exact) mass is 375 g/mol. The molecule has 1 aromatic heterocycles. The lowest BCUT2D eigenvalue weighted by atomic mass is 9.81. The summed E-state index contributed by atoms with van der Waals surface area (Å²) in [5.74, 6) is -0.687. The van der Waals surface area contributed by atoms with Gasteiger partial charge in [-0.15, -0.1) is 11.3 Å². The zero-order chi connectivity index (χ0) is 18.1. The maximum atomic E-state index is 12.6. The smallest absolute Gasteiger partial charge is 0.242 e. The third kappa shape index (κ3) is 3.42. The maximum absolute atomic E-state index is 12.6. The largest absolute Gasteiger partial charge is 0.339 e. The van der Waals surface area contributed by atoms with Crippen LogP contribution in [0.25, 0.3) is 0 Å². The molecule has 2 atom stereocenters. The maximum Gasteiger partial charge on any atom is 0.242 e. The molecule has 4 rings (SSSR count). The van der Waals surface area contributed by atoms with Crippen LogP contribution < -0.4 is 0 Å². The first-order valence-corrected chi connectivity index (χ1v) is 10.4. The van der Waals surface area contributed by atoms with Crippen molar-refractivity contribution in [1.82, 2.24) is 14.7 Å². The van der Waals surface area contributed by atoms with Gasteiger partial charge in [0.05, 0.1) is 11.8 Å². The Hall–Kier alpha value is -1.73. The number of hydrogen-bond acceptors (Lipinski definition) is 5. The molecule has 3 heterocycles. The normalized spacial score (nSPS) is 27.1. The van der Waals surface area contributed by atoms with Crippen LogP contribution in [0.5, 0.6) is 0 Å². The van der Waals surface area contributed by atoms with Crippen LogP contribution in [0.1, 0.15) is 30.6 Å². The van der Waals surface area contributed by atoms with E-state index in [9.17, 15) is 14.4 Å². The van der Waals surface area contributed by atoms with E-state index in [0.717, 1.165) is 45.3 Å². The third-order valence-electron chi connectivity index (χ3n) is 5.91. The molecule has 0 spiro atoms. The molecule has 3 fully saturated rings. The van der Waals surface area contributed by atoms with E-state index in [1.165, 1.54) is 9.78 Å². The van der Waals surface area contributed by atoms with E-state index < -0.39 is 0 Å². The lowest BCUT2D eigenvalue weighted by Gasteiger charge is -2.35. The molecule has 1 saturated carbocycles. The quantitative estimate of drug-likeness (QED) is 0.750. The summed E-state index contributed by atoms with van der Waals surface area (Å²) < 4.78 is 0. The van der Waals surface area contributed by atoms with Crippen LogP contribution in [-0.2, 0) is 20.9 Å². The Bertz CT molecular complexity index is 658.